The van der Waals surface area contributed by atoms with Gasteiger partial charge in [0.05, 0.1) is 5.88 Å². The molecule has 1 aromatic carbocycles. The van der Waals surface area contributed by atoms with Crippen molar-refractivity contribution >= 4 is 29.3 Å². The Balaban J connectivity index is 1.74. The molecule has 0 aliphatic carbocycles. The van der Waals surface area contributed by atoms with Gasteiger partial charge in [0, 0.05) is 29.4 Å². The smallest absolute Gasteiger partial charge is 0.255 e. The minimum Gasteiger partial charge on any atom is -0.324 e. The predicted octanol–water partition coefficient (Wildman–Crippen LogP) is 2.85. The van der Waals surface area contributed by atoms with E-state index in [1.807, 2.05) is 32.0 Å². The monoisotopic (exact) mass is 341 g/mol. The Kier molecular flexibility index (Phi) is 4.85. The van der Waals surface area contributed by atoms with Crippen molar-refractivity contribution in [2.24, 2.45) is 0 Å². The number of hydrogen-bond donors (Lipinski definition) is 1. The molecule has 1 N–H and O–H groups in total. The normalized spacial score (nSPS) is 16.9. The van der Waals surface area contributed by atoms with E-state index >= 15 is 0 Å². The third-order valence-corrected chi connectivity index (χ3v) is 5.16. The highest BCUT2D eigenvalue weighted by Gasteiger charge is 2.35. The van der Waals surface area contributed by atoms with E-state index in [1.54, 1.807) is 41.2 Å². The lowest BCUT2D eigenvalue weighted by Gasteiger charge is -2.23. The maximum atomic E-state index is 12.6. The molecular weight excluding hydrogens is 322 g/mol. The van der Waals surface area contributed by atoms with Crippen molar-refractivity contribution in [2.75, 3.05) is 16.9 Å². The van der Waals surface area contributed by atoms with Crippen LogP contribution in [0.3, 0.4) is 0 Å². The van der Waals surface area contributed by atoms with E-state index in [0.717, 1.165) is 11.3 Å². The number of rotatable bonds is 3. The van der Waals surface area contributed by atoms with Gasteiger partial charge in [0.15, 0.2) is 0 Å². The topological polar surface area (TPSA) is 62.3 Å². The molecule has 1 aliphatic rings. The highest BCUT2D eigenvalue weighted by molar-refractivity contribution is 7.99. The standard InChI is InChI=1S/C18H19N3O2S/c1-12-3-4-15(9-13(12)2)20-17(22)16-10-24-11-21(16)18(23)14-5-7-19-8-6-14/h3-9,16H,10-11H2,1-2H3,(H,20,22)/t16-/m0/s1. The number of anilines is 1. The molecular formula is C18H19N3O2S. The van der Waals surface area contributed by atoms with Crippen LogP contribution in [0.4, 0.5) is 5.69 Å². The van der Waals surface area contributed by atoms with Crippen LogP contribution in [0, 0.1) is 13.8 Å². The quantitative estimate of drug-likeness (QED) is 0.932. The second kappa shape index (κ2) is 7.05. The van der Waals surface area contributed by atoms with Crippen molar-refractivity contribution in [1.82, 2.24) is 9.88 Å². The lowest BCUT2D eigenvalue weighted by Crippen LogP contribution is -2.44. The lowest BCUT2D eigenvalue weighted by molar-refractivity contribution is -0.119. The van der Waals surface area contributed by atoms with Crippen LogP contribution in [-0.2, 0) is 4.79 Å². The van der Waals surface area contributed by atoms with E-state index in [2.05, 4.69) is 10.3 Å². The third kappa shape index (κ3) is 3.43. The van der Waals surface area contributed by atoms with E-state index in [4.69, 9.17) is 0 Å². The van der Waals surface area contributed by atoms with Crippen LogP contribution >= 0.6 is 11.8 Å². The molecule has 1 saturated heterocycles. The number of carbonyl (C=O) groups is 2. The fourth-order valence-electron chi connectivity index (χ4n) is 2.57. The van der Waals surface area contributed by atoms with Gasteiger partial charge in [0.25, 0.3) is 5.91 Å². The van der Waals surface area contributed by atoms with Gasteiger partial charge in [-0.15, -0.1) is 11.8 Å². The van der Waals surface area contributed by atoms with E-state index in [1.165, 1.54) is 5.56 Å². The summed E-state index contributed by atoms with van der Waals surface area (Å²) in [5, 5.41) is 2.93. The molecule has 124 valence electrons. The zero-order valence-corrected chi connectivity index (χ0v) is 14.5. The Morgan fingerprint density at radius 1 is 1.17 bits per heavy atom. The number of thioether (sulfide) groups is 1. The highest BCUT2D eigenvalue weighted by atomic mass is 32.2. The van der Waals surface area contributed by atoms with Gasteiger partial charge in [-0.25, -0.2) is 0 Å². The summed E-state index contributed by atoms with van der Waals surface area (Å²) in [6, 6.07) is 8.70. The van der Waals surface area contributed by atoms with Gasteiger partial charge in [-0.05, 0) is 49.2 Å². The molecule has 3 rings (SSSR count). The molecule has 2 aromatic rings. The minimum absolute atomic E-state index is 0.136. The molecule has 6 heteroatoms. The fourth-order valence-corrected chi connectivity index (χ4v) is 3.72. The number of aryl methyl sites for hydroxylation is 2. The summed E-state index contributed by atoms with van der Waals surface area (Å²) in [6.45, 7) is 4.04. The number of pyridine rings is 1. The summed E-state index contributed by atoms with van der Waals surface area (Å²) in [4.78, 5) is 30.8. The molecule has 0 unspecified atom stereocenters. The lowest BCUT2D eigenvalue weighted by atomic mass is 10.1. The maximum absolute atomic E-state index is 12.6. The molecule has 0 spiro atoms. The highest BCUT2D eigenvalue weighted by Crippen LogP contribution is 2.24. The Morgan fingerprint density at radius 3 is 2.62 bits per heavy atom. The Bertz CT molecular complexity index is 764. The number of nitrogens with zero attached hydrogens (tertiary/aromatic N) is 2. The van der Waals surface area contributed by atoms with Crippen LogP contribution in [-0.4, -0.2) is 39.4 Å². The SMILES string of the molecule is Cc1ccc(NC(=O)[C@@H]2CSCN2C(=O)c2ccncc2)cc1C. The summed E-state index contributed by atoms with van der Waals surface area (Å²) in [7, 11) is 0. The van der Waals surface area contributed by atoms with Crippen LogP contribution in [0.5, 0.6) is 0 Å². The number of aromatic nitrogens is 1. The molecule has 0 radical (unpaired) electrons. The van der Waals surface area contributed by atoms with E-state index in [9.17, 15) is 9.59 Å². The van der Waals surface area contributed by atoms with Gasteiger partial charge in [-0.1, -0.05) is 6.07 Å². The molecule has 24 heavy (non-hydrogen) atoms. The fraction of sp³-hybridized carbons (Fsp3) is 0.278. The summed E-state index contributed by atoms with van der Waals surface area (Å²) in [5.41, 5.74) is 3.62. The molecule has 1 aromatic heterocycles. The number of benzene rings is 1. The average Bonchev–Trinajstić information content (AvgIpc) is 3.08. The molecule has 2 amide bonds. The number of carbonyl (C=O) groups excluding carboxylic acids is 2. The van der Waals surface area contributed by atoms with Crippen molar-refractivity contribution in [3.8, 4) is 0 Å². The van der Waals surface area contributed by atoms with Crippen molar-refractivity contribution in [3.05, 3.63) is 59.4 Å². The third-order valence-electron chi connectivity index (χ3n) is 4.15. The molecule has 1 aliphatic heterocycles. The second-order valence-electron chi connectivity index (χ2n) is 5.81. The molecule has 1 fully saturated rings. The summed E-state index contributed by atoms with van der Waals surface area (Å²) in [6.07, 6.45) is 3.17. The van der Waals surface area contributed by atoms with Gasteiger partial charge >= 0.3 is 0 Å². The van der Waals surface area contributed by atoms with E-state index < -0.39 is 6.04 Å². The maximum Gasteiger partial charge on any atom is 0.255 e. The Morgan fingerprint density at radius 2 is 1.92 bits per heavy atom. The van der Waals surface area contributed by atoms with Gasteiger partial charge in [0.1, 0.15) is 6.04 Å². The summed E-state index contributed by atoms with van der Waals surface area (Å²) < 4.78 is 0. The summed E-state index contributed by atoms with van der Waals surface area (Å²) in [5.74, 6) is 0.841. The number of nitrogens with one attached hydrogen (secondary N) is 1. The summed E-state index contributed by atoms with van der Waals surface area (Å²) >= 11 is 1.59. The zero-order valence-electron chi connectivity index (χ0n) is 13.7. The van der Waals surface area contributed by atoms with Crippen molar-refractivity contribution < 1.29 is 9.59 Å². The van der Waals surface area contributed by atoms with Gasteiger partial charge in [-0.3, -0.25) is 14.6 Å². The molecule has 0 bridgehead atoms. The van der Waals surface area contributed by atoms with E-state index in [0.29, 0.717) is 17.2 Å². The molecule has 1 atom stereocenters. The first kappa shape index (κ1) is 16.5. The van der Waals surface area contributed by atoms with Crippen molar-refractivity contribution in [3.63, 3.8) is 0 Å². The molecule has 2 heterocycles. The van der Waals surface area contributed by atoms with Crippen LogP contribution in [0.25, 0.3) is 0 Å². The van der Waals surface area contributed by atoms with E-state index in [-0.39, 0.29) is 11.8 Å². The van der Waals surface area contributed by atoms with Crippen LogP contribution < -0.4 is 5.32 Å². The van der Waals surface area contributed by atoms with Gasteiger partial charge < -0.3 is 10.2 Å². The van der Waals surface area contributed by atoms with Gasteiger partial charge in [0.2, 0.25) is 5.91 Å². The predicted molar refractivity (Wildman–Crippen MR) is 96.1 cm³/mol. The minimum atomic E-state index is -0.461. The van der Waals surface area contributed by atoms with Crippen LogP contribution in [0.2, 0.25) is 0 Å². The Hall–Kier alpha value is -2.34. The first-order chi connectivity index (χ1) is 11.6. The second-order valence-corrected chi connectivity index (χ2v) is 6.81. The zero-order chi connectivity index (χ0) is 17.1. The number of amides is 2. The Labute approximate surface area is 145 Å². The van der Waals surface area contributed by atoms with Crippen molar-refractivity contribution in [2.45, 2.75) is 19.9 Å². The van der Waals surface area contributed by atoms with Crippen LogP contribution in [0.15, 0.2) is 42.7 Å². The largest absolute Gasteiger partial charge is 0.324 e. The van der Waals surface area contributed by atoms with Crippen LogP contribution in [0.1, 0.15) is 21.5 Å². The average molecular weight is 341 g/mol. The first-order valence-corrected chi connectivity index (χ1v) is 8.88. The molecule has 0 saturated carbocycles. The van der Waals surface area contributed by atoms with Crippen molar-refractivity contribution in [1.29, 1.82) is 0 Å². The first-order valence-electron chi connectivity index (χ1n) is 7.73. The molecule has 5 nitrogen and oxygen atoms in total. The van der Waals surface area contributed by atoms with Gasteiger partial charge in [-0.2, -0.15) is 0 Å². The number of hydrogen-bond acceptors (Lipinski definition) is 4.